The molecule has 5 fully saturated rings. The van der Waals surface area contributed by atoms with Crippen LogP contribution in [0.3, 0.4) is 0 Å². The molecule has 4 aliphatic carbocycles. The van der Waals surface area contributed by atoms with Gasteiger partial charge in [-0.05, 0) is 81.5 Å². The topological polar surface area (TPSA) is 124 Å². The fourth-order valence-corrected chi connectivity index (χ4v) is 10.2. The lowest BCUT2D eigenvalue weighted by Gasteiger charge is -2.58. The predicted molar refractivity (Wildman–Crippen MR) is 128 cm³/mol. The van der Waals surface area contributed by atoms with Crippen LogP contribution >= 0.6 is 0 Å². The van der Waals surface area contributed by atoms with E-state index in [2.05, 4.69) is 13.0 Å². The van der Waals surface area contributed by atoms with Gasteiger partial charge in [0.05, 0.1) is 17.3 Å². The Kier molecular flexibility index (Phi) is 5.31. The second-order valence-electron chi connectivity index (χ2n) is 12.9. The zero-order chi connectivity index (χ0) is 25.8. The normalized spacial score (nSPS) is 50.5. The summed E-state index contributed by atoms with van der Waals surface area (Å²) in [4.78, 5) is 38.0. The fourth-order valence-electron chi connectivity index (χ4n) is 9.48. The number of esters is 1. The van der Waals surface area contributed by atoms with E-state index in [1.807, 2.05) is 6.92 Å². The number of allylic oxidation sites excluding steroid dienone is 2. The molecule has 0 amide bonds. The van der Waals surface area contributed by atoms with E-state index in [0.29, 0.717) is 30.8 Å². The van der Waals surface area contributed by atoms with Crippen LogP contribution in [0.4, 0.5) is 0 Å². The van der Waals surface area contributed by atoms with Crippen molar-refractivity contribution in [2.24, 2.45) is 40.4 Å². The lowest BCUT2D eigenvalue weighted by atomic mass is 9.46. The van der Waals surface area contributed by atoms with E-state index in [1.165, 1.54) is 0 Å². The number of carbonyl (C=O) groups excluding carboxylic acids is 3. The van der Waals surface area contributed by atoms with E-state index in [9.17, 15) is 27.4 Å². The van der Waals surface area contributed by atoms with E-state index in [-0.39, 0.29) is 42.0 Å². The van der Waals surface area contributed by atoms with Crippen molar-refractivity contribution < 1.29 is 36.8 Å². The predicted octanol–water partition coefficient (Wildman–Crippen LogP) is 3.29. The van der Waals surface area contributed by atoms with Crippen LogP contribution in [-0.4, -0.2) is 54.1 Å². The highest BCUT2D eigenvalue weighted by Crippen LogP contribution is 2.67. The minimum Gasteiger partial charge on any atom is -0.456 e. The van der Waals surface area contributed by atoms with E-state index >= 15 is 0 Å². The number of ether oxygens (including phenoxy) is 2. The number of carbonyl (C=O) groups is 3. The zero-order valence-electron chi connectivity index (χ0n) is 21.2. The first-order chi connectivity index (χ1) is 16.8. The number of hydrogen-bond acceptors (Lipinski definition) is 7. The number of fused-ring (bicyclic) bond motifs is 7. The summed E-state index contributed by atoms with van der Waals surface area (Å²) in [6.45, 7) is 6.47. The van der Waals surface area contributed by atoms with Crippen molar-refractivity contribution in [2.75, 3.05) is 6.61 Å². The van der Waals surface area contributed by atoms with Gasteiger partial charge in [-0.25, -0.2) is 4.79 Å². The van der Waals surface area contributed by atoms with Gasteiger partial charge in [-0.1, -0.05) is 18.6 Å². The molecule has 9 heteroatoms. The fraction of sp³-hybridized carbons (Fsp3) is 0.815. The van der Waals surface area contributed by atoms with E-state index < -0.39 is 38.1 Å². The highest BCUT2D eigenvalue weighted by molar-refractivity contribution is 7.86. The van der Waals surface area contributed by atoms with E-state index in [0.717, 1.165) is 37.7 Å². The van der Waals surface area contributed by atoms with Crippen molar-refractivity contribution in [1.29, 1.82) is 0 Å². The lowest BCUT2D eigenvalue weighted by Crippen LogP contribution is -2.61. The van der Waals surface area contributed by atoms with Crippen molar-refractivity contribution >= 4 is 27.7 Å². The monoisotopic (exact) mass is 520 g/mol. The Morgan fingerprint density at radius 3 is 2.36 bits per heavy atom. The first kappa shape index (κ1) is 24.7. The van der Waals surface area contributed by atoms with Crippen LogP contribution in [0, 0.1) is 40.4 Å². The van der Waals surface area contributed by atoms with Gasteiger partial charge in [0.1, 0.15) is 17.5 Å². The SMILES string of the molecule is C[C@]12C(=O)C[C@@H](S(=O)(=O)O)CC1=CC[C@H]1[C@H]3CC[C@H]([C@@H]4CO[C@]5(C)C[C@H]4OC(=O)C5=O)[C@@]3(C)CC[C@@H]12. The molecule has 0 spiro atoms. The molecule has 2 saturated heterocycles. The van der Waals surface area contributed by atoms with Crippen molar-refractivity contribution in [3.05, 3.63) is 11.6 Å². The standard InChI is InChI=1S/C27H36O8S/c1-25-9-8-20-16(5-4-14-10-15(36(31,32)33)11-22(28)27(14,20)3)18(25)6-7-19(25)17-13-34-26(2)12-21(17)35-24(30)23(26)29/h4,15-21H,5-13H2,1-3H3,(H,31,32,33)/t15-,16-,17-,18+,19+,20-,21+,25-,26+,27-/m0/s1. The van der Waals surface area contributed by atoms with Gasteiger partial charge in [-0.15, -0.1) is 0 Å². The summed E-state index contributed by atoms with van der Waals surface area (Å²) in [5.74, 6) is -0.147. The Morgan fingerprint density at radius 1 is 0.972 bits per heavy atom. The number of hydrogen-bond donors (Lipinski definition) is 1. The summed E-state index contributed by atoms with van der Waals surface area (Å²) in [6, 6.07) is 0. The van der Waals surface area contributed by atoms with Gasteiger partial charge in [0, 0.05) is 18.8 Å². The van der Waals surface area contributed by atoms with Crippen molar-refractivity contribution in [2.45, 2.75) is 89.1 Å². The van der Waals surface area contributed by atoms with Crippen molar-refractivity contribution in [1.82, 2.24) is 0 Å². The molecule has 0 aromatic heterocycles. The summed E-state index contributed by atoms with van der Waals surface area (Å²) >= 11 is 0. The molecule has 3 saturated carbocycles. The molecular formula is C27H36O8S. The summed E-state index contributed by atoms with van der Waals surface area (Å²) in [5, 5.41) is -1.03. The van der Waals surface area contributed by atoms with Gasteiger partial charge in [0.25, 0.3) is 15.9 Å². The molecule has 6 rings (SSSR count). The van der Waals surface area contributed by atoms with E-state index in [1.54, 1.807) is 6.92 Å². The Labute approximate surface area is 212 Å². The van der Waals surface area contributed by atoms with Crippen molar-refractivity contribution in [3.63, 3.8) is 0 Å². The molecule has 2 bridgehead atoms. The van der Waals surface area contributed by atoms with Crippen LogP contribution in [-0.2, 0) is 34.0 Å². The molecule has 198 valence electrons. The van der Waals surface area contributed by atoms with Crippen LogP contribution in [0.25, 0.3) is 0 Å². The van der Waals surface area contributed by atoms with Gasteiger partial charge >= 0.3 is 5.97 Å². The zero-order valence-corrected chi connectivity index (χ0v) is 22.0. The molecule has 2 heterocycles. The average Bonchev–Trinajstić information content (AvgIpc) is 3.15. The van der Waals surface area contributed by atoms with Crippen LogP contribution < -0.4 is 0 Å². The van der Waals surface area contributed by atoms with Gasteiger partial charge in [0.15, 0.2) is 0 Å². The van der Waals surface area contributed by atoms with Crippen LogP contribution in [0.2, 0.25) is 0 Å². The maximum absolute atomic E-state index is 13.4. The molecule has 0 radical (unpaired) electrons. The smallest absolute Gasteiger partial charge is 0.378 e. The quantitative estimate of drug-likeness (QED) is 0.255. The molecule has 0 aromatic carbocycles. The molecule has 36 heavy (non-hydrogen) atoms. The first-order valence-corrected chi connectivity index (χ1v) is 14.9. The third-order valence-corrected chi connectivity index (χ3v) is 12.7. The summed E-state index contributed by atoms with van der Waals surface area (Å²) < 4.78 is 44.9. The van der Waals surface area contributed by atoms with Gasteiger partial charge in [-0.2, -0.15) is 8.42 Å². The van der Waals surface area contributed by atoms with Crippen LogP contribution in [0.1, 0.15) is 72.1 Å². The summed E-state index contributed by atoms with van der Waals surface area (Å²) in [6.07, 6.45) is 7.02. The highest BCUT2D eigenvalue weighted by atomic mass is 32.2. The number of rotatable bonds is 2. The van der Waals surface area contributed by atoms with Gasteiger partial charge in [-0.3, -0.25) is 14.1 Å². The molecule has 10 atom stereocenters. The molecule has 1 N–H and O–H groups in total. The molecule has 0 aromatic rings. The summed E-state index contributed by atoms with van der Waals surface area (Å²) in [7, 11) is -4.26. The molecule has 0 unspecified atom stereocenters. The lowest BCUT2D eigenvalue weighted by molar-refractivity contribution is -0.214. The highest BCUT2D eigenvalue weighted by Gasteiger charge is 2.64. The maximum atomic E-state index is 13.4. The Balaban J connectivity index is 1.27. The Morgan fingerprint density at radius 2 is 1.67 bits per heavy atom. The second kappa shape index (κ2) is 7.73. The molecule has 6 aliphatic rings. The van der Waals surface area contributed by atoms with Gasteiger partial charge < -0.3 is 9.47 Å². The third-order valence-electron chi connectivity index (χ3n) is 11.5. The van der Waals surface area contributed by atoms with Crippen molar-refractivity contribution in [3.8, 4) is 0 Å². The maximum Gasteiger partial charge on any atom is 0.378 e. The minimum absolute atomic E-state index is 0.0210. The van der Waals surface area contributed by atoms with Crippen LogP contribution in [0.5, 0.6) is 0 Å². The third kappa shape index (κ3) is 3.24. The second-order valence-corrected chi connectivity index (χ2v) is 14.6. The minimum atomic E-state index is -4.26. The summed E-state index contributed by atoms with van der Waals surface area (Å²) in [5.41, 5.74) is -0.835. The molecular weight excluding hydrogens is 484 g/mol. The largest absolute Gasteiger partial charge is 0.456 e. The molecule has 8 nitrogen and oxygen atoms in total. The Hall–Kier alpha value is -1.58. The average molecular weight is 521 g/mol. The molecule has 2 aliphatic heterocycles. The van der Waals surface area contributed by atoms with Gasteiger partial charge in [0.2, 0.25) is 0 Å². The van der Waals surface area contributed by atoms with E-state index in [4.69, 9.17) is 9.47 Å². The van der Waals surface area contributed by atoms with Crippen LogP contribution in [0.15, 0.2) is 11.6 Å². The number of Topliss-reactive ketones (excluding diaryl/α,β-unsaturated/α-hetero) is 2. The Bertz CT molecular complexity index is 1170. The first-order valence-electron chi connectivity index (χ1n) is 13.4. The number of ketones is 2.